The van der Waals surface area contributed by atoms with E-state index < -0.39 is 0 Å². The Hall–Kier alpha value is -0.120. The molecule has 2 saturated heterocycles. The van der Waals surface area contributed by atoms with E-state index in [1.165, 1.54) is 65.0 Å². The van der Waals surface area contributed by atoms with Crippen molar-refractivity contribution in [3.05, 3.63) is 0 Å². The Labute approximate surface area is 119 Å². The third-order valence-corrected chi connectivity index (χ3v) is 5.48. The predicted molar refractivity (Wildman–Crippen MR) is 82.6 cm³/mol. The van der Waals surface area contributed by atoms with E-state index in [9.17, 15) is 0 Å². The van der Waals surface area contributed by atoms with Gasteiger partial charge in [0.25, 0.3) is 0 Å². The molecular formula is C16H33N3. The maximum absolute atomic E-state index is 3.59. The summed E-state index contributed by atoms with van der Waals surface area (Å²) in [4.78, 5) is 5.46. The van der Waals surface area contributed by atoms with E-state index >= 15 is 0 Å². The highest BCUT2D eigenvalue weighted by Crippen LogP contribution is 2.29. The number of fused-ring (bicyclic) bond motifs is 1. The van der Waals surface area contributed by atoms with Gasteiger partial charge in [-0.25, -0.2) is 0 Å². The van der Waals surface area contributed by atoms with Crippen LogP contribution in [0.3, 0.4) is 0 Å². The van der Waals surface area contributed by atoms with E-state index in [1.807, 2.05) is 0 Å². The highest BCUT2D eigenvalue weighted by molar-refractivity contribution is 4.90. The quantitative estimate of drug-likeness (QED) is 0.763. The van der Waals surface area contributed by atoms with Crippen LogP contribution in [0.25, 0.3) is 0 Å². The van der Waals surface area contributed by atoms with Gasteiger partial charge in [-0.15, -0.1) is 0 Å². The fourth-order valence-corrected chi connectivity index (χ4v) is 3.84. The van der Waals surface area contributed by atoms with Crippen molar-refractivity contribution in [1.29, 1.82) is 0 Å². The van der Waals surface area contributed by atoms with Crippen LogP contribution in [0.15, 0.2) is 0 Å². The Morgan fingerprint density at radius 2 is 1.89 bits per heavy atom. The summed E-state index contributed by atoms with van der Waals surface area (Å²) in [5.41, 5.74) is 0.483. The smallest absolute Gasteiger partial charge is 0.0224 e. The molecule has 0 spiro atoms. The van der Waals surface area contributed by atoms with Crippen molar-refractivity contribution in [2.24, 2.45) is 5.41 Å². The van der Waals surface area contributed by atoms with Crippen molar-refractivity contribution in [2.45, 2.75) is 52.5 Å². The van der Waals surface area contributed by atoms with Gasteiger partial charge in [-0.2, -0.15) is 0 Å². The zero-order chi connectivity index (χ0) is 13.7. The summed E-state index contributed by atoms with van der Waals surface area (Å²) in [6.45, 7) is 15.8. The van der Waals surface area contributed by atoms with Gasteiger partial charge in [0.2, 0.25) is 0 Å². The van der Waals surface area contributed by atoms with Gasteiger partial charge < -0.3 is 5.32 Å². The van der Waals surface area contributed by atoms with Crippen LogP contribution in [0.5, 0.6) is 0 Å². The molecule has 1 N–H and O–H groups in total. The molecule has 0 aliphatic carbocycles. The molecule has 2 aliphatic rings. The number of hydrogen-bond donors (Lipinski definition) is 1. The van der Waals surface area contributed by atoms with Crippen LogP contribution in [0, 0.1) is 5.41 Å². The Bertz CT molecular complexity index is 263. The second-order valence-corrected chi connectivity index (χ2v) is 6.55. The molecule has 2 rings (SSSR count). The molecule has 0 saturated carbocycles. The number of nitrogens with zero attached hydrogens (tertiary/aromatic N) is 2. The summed E-state index contributed by atoms with van der Waals surface area (Å²) < 4.78 is 0. The summed E-state index contributed by atoms with van der Waals surface area (Å²) in [5, 5.41) is 3.59. The molecule has 2 heterocycles. The van der Waals surface area contributed by atoms with Crippen LogP contribution in [0.1, 0.15) is 46.5 Å². The Morgan fingerprint density at radius 1 is 1.11 bits per heavy atom. The lowest BCUT2D eigenvalue weighted by molar-refractivity contribution is 0.0597. The van der Waals surface area contributed by atoms with E-state index in [-0.39, 0.29) is 0 Å². The second-order valence-electron chi connectivity index (χ2n) is 6.55. The summed E-state index contributed by atoms with van der Waals surface area (Å²) in [5.74, 6) is 0. The van der Waals surface area contributed by atoms with Gasteiger partial charge in [0.1, 0.15) is 0 Å². The van der Waals surface area contributed by atoms with Gasteiger partial charge in [0.15, 0.2) is 0 Å². The molecule has 0 aromatic rings. The largest absolute Gasteiger partial charge is 0.316 e. The molecular weight excluding hydrogens is 234 g/mol. The van der Waals surface area contributed by atoms with Crippen molar-refractivity contribution in [3.8, 4) is 0 Å². The van der Waals surface area contributed by atoms with E-state index in [1.54, 1.807) is 0 Å². The van der Waals surface area contributed by atoms with Crippen LogP contribution in [0.2, 0.25) is 0 Å². The molecule has 112 valence electrons. The SMILES string of the molecule is CCNCC(CC)(CC)CN1CCN2CCCC2C1. The van der Waals surface area contributed by atoms with E-state index in [0.717, 1.165) is 12.6 Å². The number of rotatable bonds is 7. The normalized spacial score (nSPS) is 25.7. The minimum atomic E-state index is 0.483. The van der Waals surface area contributed by atoms with Crippen molar-refractivity contribution in [1.82, 2.24) is 15.1 Å². The van der Waals surface area contributed by atoms with Crippen molar-refractivity contribution >= 4 is 0 Å². The lowest BCUT2D eigenvalue weighted by atomic mass is 9.81. The van der Waals surface area contributed by atoms with Gasteiger partial charge in [0, 0.05) is 38.8 Å². The number of nitrogens with one attached hydrogen (secondary N) is 1. The fourth-order valence-electron chi connectivity index (χ4n) is 3.84. The maximum atomic E-state index is 3.59. The summed E-state index contributed by atoms with van der Waals surface area (Å²) in [6.07, 6.45) is 5.43. The lowest BCUT2D eigenvalue weighted by Gasteiger charge is -2.43. The molecule has 0 amide bonds. The molecule has 3 heteroatoms. The minimum absolute atomic E-state index is 0.483. The molecule has 1 unspecified atom stereocenters. The van der Waals surface area contributed by atoms with Crippen LogP contribution < -0.4 is 5.32 Å². The van der Waals surface area contributed by atoms with Gasteiger partial charge in [-0.3, -0.25) is 9.80 Å². The van der Waals surface area contributed by atoms with E-state index in [4.69, 9.17) is 0 Å². The average Bonchev–Trinajstić information content (AvgIpc) is 2.91. The fraction of sp³-hybridized carbons (Fsp3) is 1.00. The van der Waals surface area contributed by atoms with E-state index in [0.29, 0.717) is 5.41 Å². The van der Waals surface area contributed by atoms with Crippen LogP contribution in [-0.2, 0) is 0 Å². The van der Waals surface area contributed by atoms with Crippen molar-refractivity contribution < 1.29 is 0 Å². The molecule has 2 aliphatic heterocycles. The zero-order valence-electron chi connectivity index (χ0n) is 13.2. The summed E-state index contributed by atoms with van der Waals surface area (Å²) in [7, 11) is 0. The molecule has 19 heavy (non-hydrogen) atoms. The molecule has 0 radical (unpaired) electrons. The number of piperazine rings is 1. The van der Waals surface area contributed by atoms with Gasteiger partial charge in [-0.1, -0.05) is 20.8 Å². The molecule has 0 aromatic carbocycles. The zero-order valence-corrected chi connectivity index (χ0v) is 13.2. The highest BCUT2D eigenvalue weighted by Gasteiger charge is 2.34. The second kappa shape index (κ2) is 7.05. The third-order valence-electron chi connectivity index (χ3n) is 5.48. The van der Waals surface area contributed by atoms with Gasteiger partial charge in [-0.05, 0) is 44.2 Å². The maximum Gasteiger partial charge on any atom is 0.0224 e. The first kappa shape index (κ1) is 15.3. The Morgan fingerprint density at radius 3 is 2.58 bits per heavy atom. The monoisotopic (exact) mass is 267 g/mol. The summed E-state index contributed by atoms with van der Waals surface area (Å²) in [6, 6.07) is 0.860. The van der Waals surface area contributed by atoms with Crippen LogP contribution >= 0.6 is 0 Å². The molecule has 1 atom stereocenters. The first-order valence-corrected chi connectivity index (χ1v) is 8.40. The first-order chi connectivity index (χ1) is 9.23. The molecule has 3 nitrogen and oxygen atoms in total. The van der Waals surface area contributed by atoms with Crippen LogP contribution in [-0.4, -0.2) is 61.7 Å². The Balaban J connectivity index is 1.89. The molecule has 0 bridgehead atoms. The van der Waals surface area contributed by atoms with Gasteiger partial charge in [0.05, 0.1) is 0 Å². The third kappa shape index (κ3) is 3.71. The summed E-state index contributed by atoms with van der Waals surface area (Å²) >= 11 is 0. The van der Waals surface area contributed by atoms with Crippen molar-refractivity contribution in [3.63, 3.8) is 0 Å². The Kier molecular flexibility index (Phi) is 5.67. The first-order valence-electron chi connectivity index (χ1n) is 8.40. The van der Waals surface area contributed by atoms with Crippen LogP contribution in [0.4, 0.5) is 0 Å². The van der Waals surface area contributed by atoms with Gasteiger partial charge >= 0.3 is 0 Å². The molecule has 0 aromatic heterocycles. The topological polar surface area (TPSA) is 18.5 Å². The minimum Gasteiger partial charge on any atom is -0.316 e. The highest BCUT2D eigenvalue weighted by atomic mass is 15.3. The average molecular weight is 267 g/mol. The van der Waals surface area contributed by atoms with E-state index in [2.05, 4.69) is 35.9 Å². The lowest BCUT2D eigenvalue weighted by Crippen LogP contribution is -2.54. The number of hydrogen-bond acceptors (Lipinski definition) is 3. The molecule has 2 fully saturated rings. The van der Waals surface area contributed by atoms with Crippen molar-refractivity contribution in [2.75, 3.05) is 45.8 Å². The predicted octanol–water partition coefficient (Wildman–Crippen LogP) is 2.18. The standard InChI is InChI=1S/C16H33N3/c1-4-16(5-2,13-17-6-3)14-18-10-11-19-9-7-8-15(19)12-18/h15,17H,4-14H2,1-3H3.